The van der Waals surface area contributed by atoms with Crippen LogP contribution in [0.2, 0.25) is 0 Å². The molecule has 2 aromatic carbocycles. The highest BCUT2D eigenvalue weighted by Crippen LogP contribution is 2.31. The van der Waals surface area contributed by atoms with Crippen molar-refractivity contribution in [2.24, 2.45) is 0 Å². The first-order chi connectivity index (χ1) is 17.2. The van der Waals surface area contributed by atoms with Crippen molar-refractivity contribution in [3.8, 4) is 12.3 Å². The van der Waals surface area contributed by atoms with Crippen molar-refractivity contribution in [3.63, 3.8) is 0 Å². The second-order valence-corrected chi connectivity index (χ2v) is 8.49. The Morgan fingerprint density at radius 1 is 1.03 bits per heavy atom. The van der Waals surface area contributed by atoms with Gasteiger partial charge >= 0.3 is 17.6 Å². The summed E-state index contributed by atoms with van der Waals surface area (Å²) in [4.78, 5) is 51.7. The molecule has 1 aliphatic heterocycles. The summed E-state index contributed by atoms with van der Waals surface area (Å²) in [7, 11) is 0. The third-order valence-electron chi connectivity index (χ3n) is 5.83. The molecule has 0 radical (unpaired) electrons. The SMILES string of the molecule is C#Cc1cn([C@H]2C[C@H](OC(=O)c3ccc(C)cc3)[C@@H](COC(=O)c3ccc(C)cc3)O2)c(=O)[nH]c1=O. The van der Waals surface area contributed by atoms with E-state index >= 15 is 0 Å². The van der Waals surface area contributed by atoms with Crippen LogP contribution in [0.25, 0.3) is 0 Å². The van der Waals surface area contributed by atoms with Gasteiger partial charge in [0.2, 0.25) is 0 Å². The molecule has 0 aliphatic carbocycles. The summed E-state index contributed by atoms with van der Waals surface area (Å²) in [6.07, 6.45) is 4.01. The van der Waals surface area contributed by atoms with E-state index < -0.39 is 41.6 Å². The number of hydrogen-bond acceptors (Lipinski definition) is 7. The fraction of sp³-hybridized carbons (Fsp3) is 0.259. The number of aromatic nitrogens is 2. The van der Waals surface area contributed by atoms with Gasteiger partial charge in [0, 0.05) is 12.6 Å². The van der Waals surface area contributed by atoms with Gasteiger partial charge in [0.15, 0.2) is 0 Å². The van der Waals surface area contributed by atoms with Gasteiger partial charge in [-0.2, -0.15) is 0 Å². The molecule has 9 heteroatoms. The number of nitrogens with one attached hydrogen (secondary N) is 1. The summed E-state index contributed by atoms with van der Waals surface area (Å²) < 4.78 is 18.2. The largest absolute Gasteiger partial charge is 0.459 e. The summed E-state index contributed by atoms with van der Waals surface area (Å²) in [5.41, 5.74) is 1.20. The minimum atomic E-state index is -0.916. The van der Waals surface area contributed by atoms with Gasteiger partial charge in [-0.25, -0.2) is 14.4 Å². The average molecular weight is 488 g/mol. The predicted octanol–water partition coefficient (Wildman–Crippen LogP) is 2.50. The number of nitrogens with zero attached hydrogens (tertiary/aromatic N) is 1. The number of carbonyl (C=O) groups excluding carboxylic acids is 2. The number of esters is 2. The molecular formula is C27H24N2O7. The number of H-pyrrole nitrogens is 1. The van der Waals surface area contributed by atoms with Crippen molar-refractivity contribution in [1.82, 2.24) is 9.55 Å². The number of hydrogen-bond donors (Lipinski definition) is 1. The Labute approximate surface area is 206 Å². The van der Waals surface area contributed by atoms with Crippen LogP contribution in [0.1, 0.15) is 50.1 Å². The molecule has 1 aromatic heterocycles. The van der Waals surface area contributed by atoms with Gasteiger partial charge in [-0.15, -0.1) is 6.42 Å². The van der Waals surface area contributed by atoms with Crippen molar-refractivity contribution in [1.29, 1.82) is 0 Å². The first-order valence-electron chi connectivity index (χ1n) is 11.2. The molecule has 9 nitrogen and oxygen atoms in total. The van der Waals surface area contributed by atoms with E-state index in [4.69, 9.17) is 20.6 Å². The Kier molecular flexibility index (Phi) is 7.17. The van der Waals surface area contributed by atoms with Gasteiger partial charge in [-0.05, 0) is 38.1 Å². The predicted molar refractivity (Wildman–Crippen MR) is 130 cm³/mol. The second-order valence-electron chi connectivity index (χ2n) is 8.49. The number of aromatic amines is 1. The van der Waals surface area contributed by atoms with Crippen LogP contribution >= 0.6 is 0 Å². The van der Waals surface area contributed by atoms with E-state index in [1.807, 2.05) is 13.8 Å². The van der Waals surface area contributed by atoms with E-state index in [-0.39, 0.29) is 18.6 Å². The van der Waals surface area contributed by atoms with Crippen LogP contribution in [0.5, 0.6) is 0 Å². The molecule has 1 N–H and O–H groups in total. The lowest BCUT2D eigenvalue weighted by Crippen LogP contribution is -2.34. The van der Waals surface area contributed by atoms with Gasteiger partial charge in [0.05, 0.1) is 11.1 Å². The summed E-state index contributed by atoms with van der Waals surface area (Å²) in [6, 6.07) is 13.7. The summed E-state index contributed by atoms with van der Waals surface area (Å²) in [5.74, 6) is 1.06. The zero-order valence-corrected chi connectivity index (χ0v) is 19.7. The highest BCUT2D eigenvalue weighted by Gasteiger charge is 2.40. The van der Waals surface area contributed by atoms with Crippen LogP contribution < -0.4 is 11.2 Å². The van der Waals surface area contributed by atoms with Crippen LogP contribution in [0.15, 0.2) is 64.3 Å². The molecule has 0 amide bonds. The normalized spacial score (nSPS) is 18.9. The van der Waals surface area contributed by atoms with E-state index in [0.717, 1.165) is 15.7 Å². The average Bonchev–Trinajstić information content (AvgIpc) is 3.25. The fourth-order valence-electron chi connectivity index (χ4n) is 3.77. The van der Waals surface area contributed by atoms with Gasteiger partial charge < -0.3 is 14.2 Å². The maximum atomic E-state index is 12.8. The van der Waals surface area contributed by atoms with E-state index in [9.17, 15) is 19.2 Å². The zero-order chi connectivity index (χ0) is 25.8. The van der Waals surface area contributed by atoms with E-state index in [1.165, 1.54) is 6.20 Å². The summed E-state index contributed by atoms with van der Waals surface area (Å²) in [6.45, 7) is 3.57. The van der Waals surface area contributed by atoms with Gasteiger partial charge in [-0.1, -0.05) is 41.3 Å². The Morgan fingerprint density at radius 2 is 1.61 bits per heavy atom. The highest BCUT2D eigenvalue weighted by molar-refractivity contribution is 5.90. The molecule has 0 saturated carbocycles. The third kappa shape index (κ3) is 5.45. The number of terminal acetylenes is 1. The monoisotopic (exact) mass is 488 g/mol. The molecule has 2 heterocycles. The molecular weight excluding hydrogens is 464 g/mol. The van der Waals surface area contributed by atoms with E-state index in [2.05, 4.69) is 10.9 Å². The standard InChI is InChI=1S/C27H24N2O7/c1-4-18-14-29(27(33)28-24(18)30)23-13-21(36-26(32)20-11-7-17(3)8-12-20)22(35-23)15-34-25(31)19-9-5-16(2)6-10-19/h1,5-12,14,21-23H,13,15H2,2-3H3,(H,28,30,33)/t21-,22+,23+/m0/s1. The molecule has 1 aliphatic rings. The number of ether oxygens (including phenoxy) is 3. The van der Waals surface area contributed by atoms with Crippen molar-refractivity contribution in [3.05, 3.63) is 103 Å². The Hall–Kier alpha value is -4.42. The van der Waals surface area contributed by atoms with Crippen LogP contribution in [0.3, 0.4) is 0 Å². The van der Waals surface area contributed by atoms with E-state index in [1.54, 1.807) is 48.5 Å². The molecule has 0 spiro atoms. The van der Waals surface area contributed by atoms with Gasteiger partial charge in [0.25, 0.3) is 5.56 Å². The minimum Gasteiger partial charge on any atom is -0.459 e. The first kappa shape index (κ1) is 24.7. The second kappa shape index (κ2) is 10.5. The molecule has 0 unspecified atom stereocenters. The van der Waals surface area contributed by atoms with Crippen molar-refractivity contribution in [2.45, 2.75) is 38.7 Å². The van der Waals surface area contributed by atoms with Crippen molar-refractivity contribution >= 4 is 11.9 Å². The third-order valence-corrected chi connectivity index (χ3v) is 5.83. The fourth-order valence-corrected chi connectivity index (χ4v) is 3.77. The quantitative estimate of drug-likeness (QED) is 0.419. The first-order valence-corrected chi connectivity index (χ1v) is 11.2. The summed E-state index contributed by atoms with van der Waals surface area (Å²) >= 11 is 0. The van der Waals surface area contributed by atoms with Crippen molar-refractivity contribution in [2.75, 3.05) is 6.61 Å². The molecule has 36 heavy (non-hydrogen) atoms. The Bertz CT molecular complexity index is 1430. The topological polar surface area (TPSA) is 117 Å². The zero-order valence-electron chi connectivity index (χ0n) is 19.7. The Balaban J connectivity index is 1.55. The minimum absolute atomic E-state index is 0.0550. The highest BCUT2D eigenvalue weighted by atomic mass is 16.6. The lowest BCUT2D eigenvalue weighted by Gasteiger charge is -2.19. The maximum absolute atomic E-state index is 12.8. The van der Waals surface area contributed by atoms with Crippen LogP contribution in [-0.4, -0.2) is 40.3 Å². The molecule has 4 rings (SSSR count). The molecule has 0 bridgehead atoms. The number of aryl methyl sites for hydroxylation is 2. The van der Waals surface area contributed by atoms with Gasteiger partial charge in [-0.3, -0.25) is 14.3 Å². The van der Waals surface area contributed by atoms with Crippen LogP contribution in [0, 0.1) is 26.2 Å². The number of rotatable bonds is 6. The smallest absolute Gasteiger partial charge is 0.338 e. The molecule has 3 atom stereocenters. The molecule has 184 valence electrons. The Morgan fingerprint density at radius 3 is 2.19 bits per heavy atom. The lowest BCUT2D eigenvalue weighted by atomic mass is 10.1. The number of benzene rings is 2. The lowest BCUT2D eigenvalue weighted by molar-refractivity contribution is -0.0582. The van der Waals surface area contributed by atoms with E-state index in [0.29, 0.717) is 11.1 Å². The van der Waals surface area contributed by atoms with Crippen molar-refractivity contribution < 1.29 is 23.8 Å². The summed E-state index contributed by atoms with van der Waals surface area (Å²) in [5, 5.41) is 0. The molecule has 1 fully saturated rings. The molecule has 3 aromatic rings. The number of carbonyl (C=O) groups is 2. The molecule has 1 saturated heterocycles. The van der Waals surface area contributed by atoms with Crippen LogP contribution in [0.4, 0.5) is 0 Å². The maximum Gasteiger partial charge on any atom is 0.338 e. The van der Waals surface area contributed by atoms with Crippen LogP contribution in [-0.2, 0) is 14.2 Å². The van der Waals surface area contributed by atoms with Gasteiger partial charge in [0.1, 0.15) is 30.6 Å².